The van der Waals surface area contributed by atoms with Gasteiger partial charge < -0.3 is 14.6 Å². The van der Waals surface area contributed by atoms with Gasteiger partial charge >= 0.3 is 5.97 Å². The first-order valence-electron chi connectivity index (χ1n) is 7.28. The van der Waals surface area contributed by atoms with E-state index in [9.17, 15) is 9.90 Å². The minimum atomic E-state index is -0.861. The molecule has 1 aromatic rings. The summed E-state index contributed by atoms with van der Waals surface area (Å²) >= 11 is 0. The van der Waals surface area contributed by atoms with Crippen molar-refractivity contribution in [2.75, 3.05) is 27.3 Å². The topological polar surface area (TPSA) is 59.0 Å². The fourth-order valence-corrected chi connectivity index (χ4v) is 2.25. The van der Waals surface area contributed by atoms with E-state index in [2.05, 4.69) is 6.92 Å². The first-order valence-corrected chi connectivity index (χ1v) is 7.28. The van der Waals surface area contributed by atoms with Crippen molar-refractivity contribution in [1.82, 2.24) is 4.90 Å². The minimum absolute atomic E-state index is 0.536. The molecule has 5 heteroatoms. The predicted octanol–water partition coefficient (Wildman–Crippen LogP) is 2.95. The molecular weight excluding hydrogens is 270 g/mol. The van der Waals surface area contributed by atoms with Gasteiger partial charge in [0.05, 0.1) is 13.7 Å². The summed E-state index contributed by atoms with van der Waals surface area (Å²) in [5.74, 6) is 0.327. The molecule has 1 rings (SSSR count). The van der Waals surface area contributed by atoms with E-state index in [0.29, 0.717) is 23.7 Å². The number of rotatable bonds is 9. The van der Waals surface area contributed by atoms with Crippen molar-refractivity contribution in [2.45, 2.75) is 32.7 Å². The number of hydrogen-bond donors (Lipinski definition) is 1. The molecule has 0 saturated carbocycles. The molecule has 1 aromatic carbocycles. The second-order valence-corrected chi connectivity index (χ2v) is 4.92. The third kappa shape index (κ3) is 4.63. The van der Waals surface area contributed by atoms with Crippen molar-refractivity contribution in [2.24, 2.45) is 0 Å². The van der Waals surface area contributed by atoms with Crippen LogP contribution in [0.15, 0.2) is 18.2 Å². The predicted molar refractivity (Wildman–Crippen MR) is 82.1 cm³/mol. The summed E-state index contributed by atoms with van der Waals surface area (Å²) in [6, 6.07) is 4.61. The number of ether oxygens (including phenoxy) is 2. The van der Waals surface area contributed by atoms with Crippen LogP contribution < -0.4 is 9.47 Å². The number of benzene rings is 1. The molecule has 0 radical (unpaired) electrons. The normalized spacial score (nSPS) is 12.2. The molecule has 5 nitrogen and oxygen atoms in total. The fourth-order valence-electron chi connectivity index (χ4n) is 2.25. The monoisotopic (exact) mass is 295 g/mol. The number of likely N-dealkylation sites (N-methyl/N-ethyl adjacent to an activating group) is 1. The van der Waals surface area contributed by atoms with Crippen LogP contribution in [0.1, 0.15) is 38.3 Å². The number of carbonyl (C=O) groups is 1. The van der Waals surface area contributed by atoms with Gasteiger partial charge in [-0.05, 0) is 44.6 Å². The lowest BCUT2D eigenvalue weighted by Crippen LogP contribution is -2.31. The molecule has 0 spiro atoms. The van der Waals surface area contributed by atoms with E-state index in [1.165, 1.54) is 0 Å². The Morgan fingerprint density at radius 2 is 2.05 bits per heavy atom. The Balaban J connectivity index is 3.05. The zero-order chi connectivity index (χ0) is 15.8. The van der Waals surface area contributed by atoms with Gasteiger partial charge in [-0.25, -0.2) is 0 Å². The van der Waals surface area contributed by atoms with Crippen molar-refractivity contribution in [3.63, 3.8) is 0 Å². The van der Waals surface area contributed by atoms with Gasteiger partial charge in [-0.1, -0.05) is 19.4 Å². The Labute approximate surface area is 126 Å². The van der Waals surface area contributed by atoms with E-state index in [0.717, 1.165) is 19.4 Å². The van der Waals surface area contributed by atoms with E-state index in [1.54, 1.807) is 25.3 Å². The molecule has 0 aliphatic rings. The van der Waals surface area contributed by atoms with Crippen LogP contribution in [-0.2, 0) is 4.79 Å². The van der Waals surface area contributed by atoms with Crippen molar-refractivity contribution < 1.29 is 19.4 Å². The van der Waals surface area contributed by atoms with Gasteiger partial charge in [-0.3, -0.25) is 9.69 Å². The summed E-state index contributed by atoms with van der Waals surface area (Å²) in [4.78, 5) is 13.4. The van der Waals surface area contributed by atoms with Crippen LogP contribution in [0.2, 0.25) is 0 Å². The zero-order valence-corrected chi connectivity index (χ0v) is 13.3. The molecular formula is C16H25NO4. The van der Waals surface area contributed by atoms with Gasteiger partial charge in [-0.2, -0.15) is 0 Å². The highest BCUT2D eigenvalue weighted by Crippen LogP contribution is 2.32. The smallest absolute Gasteiger partial charge is 0.325 e. The van der Waals surface area contributed by atoms with E-state index >= 15 is 0 Å². The molecule has 0 aliphatic heterocycles. The standard InChI is InChI=1S/C16H25NO4/c1-5-7-10-17(3)15(16(18)19)12-8-9-13(21-6-2)14(11-12)20-4/h8-9,11,15H,5-7,10H2,1-4H3,(H,18,19). The first kappa shape index (κ1) is 17.3. The maximum Gasteiger partial charge on any atom is 0.325 e. The van der Waals surface area contributed by atoms with Gasteiger partial charge in [-0.15, -0.1) is 0 Å². The summed E-state index contributed by atoms with van der Waals surface area (Å²) in [6.07, 6.45) is 2.00. The molecule has 118 valence electrons. The molecule has 0 aromatic heterocycles. The molecule has 0 fully saturated rings. The maximum atomic E-state index is 11.6. The number of nitrogens with zero attached hydrogens (tertiary/aromatic N) is 1. The Hall–Kier alpha value is -1.75. The van der Waals surface area contributed by atoms with Gasteiger partial charge in [0.15, 0.2) is 11.5 Å². The Morgan fingerprint density at radius 3 is 2.57 bits per heavy atom. The summed E-state index contributed by atoms with van der Waals surface area (Å²) in [6.45, 7) is 5.26. The number of hydrogen-bond acceptors (Lipinski definition) is 4. The van der Waals surface area contributed by atoms with Crippen LogP contribution in [0.3, 0.4) is 0 Å². The molecule has 0 amide bonds. The molecule has 0 saturated heterocycles. The summed E-state index contributed by atoms with van der Waals surface area (Å²) in [7, 11) is 3.38. The lowest BCUT2D eigenvalue weighted by Gasteiger charge is -2.25. The highest BCUT2D eigenvalue weighted by Gasteiger charge is 2.25. The molecule has 1 N–H and O–H groups in total. The van der Waals surface area contributed by atoms with Crippen LogP contribution in [0.25, 0.3) is 0 Å². The van der Waals surface area contributed by atoms with Gasteiger partial charge in [0.1, 0.15) is 6.04 Å². The fraction of sp³-hybridized carbons (Fsp3) is 0.562. The molecule has 0 heterocycles. The SMILES string of the molecule is CCCCN(C)C(C(=O)O)c1ccc(OCC)c(OC)c1. The first-order chi connectivity index (χ1) is 10.0. The van der Waals surface area contributed by atoms with Gasteiger partial charge in [0, 0.05) is 0 Å². The van der Waals surface area contributed by atoms with Crippen molar-refractivity contribution in [1.29, 1.82) is 0 Å². The Bertz CT molecular complexity index is 462. The van der Waals surface area contributed by atoms with Crippen molar-refractivity contribution in [3.05, 3.63) is 23.8 Å². The summed E-state index contributed by atoms with van der Waals surface area (Å²) < 4.78 is 10.8. The number of aliphatic carboxylic acids is 1. The number of unbranched alkanes of at least 4 members (excludes halogenated alkanes) is 1. The Kier molecular flexibility index (Phi) is 7.02. The van der Waals surface area contributed by atoms with E-state index in [-0.39, 0.29) is 0 Å². The van der Waals surface area contributed by atoms with Crippen LogP contribution in [0.4, 0.5) is 0 Å². The number of methoxy groups -OCH3 is 1. The van der Waals surface area contributed by atoms with Crippen LogP contribution >= 0.6 is 0 Å². The number of carboxylic acids is 1. The number of carboxylic acid groups (broad SMARTS) is 1. The zero-order valence-electron chi connectivity index (χ0n) is 13.3. The largest absolute Gasteiger partial charge is 0.493 e. The second kappa shape index (κ2) is 8.52. The lowest BCUT2D eigenvalue weighted by atomic mass is 10.0. The van der Waals surface area contributed by atoms with Crippen LogP contribution in [0.5, 0.6) is 11.5 Å². The maximum absolute atomic E-state index is 11.6. The van der Waals surface area contributed by atoms with Crippen LogP contribution in [-0.4, -0.2) is 43.3 Å². The summed E-state index contributed by atoms with van der Waals surface area (Å²) in [5.41, 5.74) is 0.696. The Morgan fingerprint density at radius 1 is 1.33 bits per heavy atom. The van der Waals surface area contributed by atoms with E-state index in [4.69, 9.17) is 9.47 Å². The molecule has 0 aliphatic carbocycles. The molecule has 0 bridgehead atoms. The van der Waals surface area contributed by atoms with Gasteiger partial charge in [0.2, 0.25) is 0 Å². The third-order valence-electron chi connectivity index (χ3n) is 3.34. The quantitative estimate of drug-likeness (QED) is 0.759. The van der Waals surface area contributed by atoms with Crippen LogP contribution in [0, 0.1) is 0 Å². The van der Waals surface area contributed by atoms with E-state index in [1.807, 2.05) is 18.9 Å². The summed E-state index contributed by atoms with van der Waals surface area (Å²) in [5, 5.41) is 9.52. The highest BCUT2D eigenvalue weighted by atomic mass is 16.5. The second-order valence-electron chi connectivity index (χ2n) is 4.92. The average Bonchev–Trinajstić information content (AvgIpc) is 2.46. The molecule has 1 atom stereocenters. The van der Waals surface area contributed by atoms with E-state index < -0.39 is 12.0 Å². The van der Waals surface area contributed by atoms with Crippen molar-refractivity contribution in [3.8, 4) is 11.5 Å². The third-order valence-corrected chi connectivity index (χ3v) is 3.34. The minimum Gasteiger partial charge on any atom is -0.493 e. The molecule has 1 unspecified atom stereocenters. The highest BCUT2D eigenvalue weighted by molar-refractivity contribution is 5.76. The van der Waals surface area contributed by atoms with Crippen molar-refractivity contribution >= 4 is 5.97 Å². The lowest BCUT2D eigenvalue weighted by molar-refractivity contribution is -0.143. The molecule has 21 heavy (non-hydrogen) atoms. The van der Waals surface area contributed by atoms with Gasteiger partial charge in [0.25, 0.3) is 0 Å². The average molecular weight is 295 g/mol.